The zero-order valence-corrected chi connectivity index (χ0v) is 14.7. The quantitative estimate of drug-likeness (QED) is 0.585. The molecule has 1 unspecified atom stereocenters. The molecular weight excluding hydrogens is 316 g/mol. The third kappa shape index (κ3) is 6.58. The molecule has 0 radical (unpaired) electrons. The molecule has 2 N–H and O–H groups in total. The van der Waals surface area contributed by atoms with E-state index in [1.165, 1.54) is 19.3 Å². The molecule has 0 spiro atoms. The molecule has 23 heavy (non-hydrogen) atoms. The van der Waals surface area contributed by atoms with Crippen molar-refractivity contribution in [2.24, 2.45) is 0 Å². The van der Waals surface area contributed by atoms with Crippen molar-refractivity contribution in [2.75, 3.05) is 50.9 Å². The largest absolute Gasteiger partial charge is 0.472 e. The molecule has 2 rings (SSSR count). The van der Waals surface area contributed by atoms with Crippen LogP contribution in [0.2, 0.25) is 0 Å². The van der Waals surface area contributed by atoms with Gasteiger partial charge >= 0.3 is 0 Å². The van der Waals surface area contributed by atoms with Crippen molar-refractivity contribution in [2.45, 2.75) is 38.7 Å². The highest BCUT2D eigenvalue weighted by molar-refractivity contribution is 6.99. The Morgan fingerprint density at radius 1 is 1.30 bits per heavy atom. The molecule has 2 heterocycles. The standard InChI is InChI=1S/C15H28N4O3S/c1-2-3-4-5-6-16-11-13(20)12-22-15-14(17-23-18-15)19-7-9-21-10-8-19/h13,16,20H,2-12H2,1H3. The highest BCUT2D eigenvalue weighted by Gasteiger charge is 2.20. The van der Waals surface area contributed by atoms with Crippen LogP contribution < -0.4 is 15.0 Å². The van der Waals surface area contributed by atoms with Crippen molar-refractivity contribution in [1.29, 1.82) is 0 Å². The maximum absolute atomic E-state index is 9.99. The third-order valence-electron chi connectivity index (χ3n) is 3.75. The molecule has 8 heteroatoms. The van der Waals surface area contributed by atoms with E-state index >= 15 is 0 Å². The van der Waals surface area contributed by atoms with Gasteiger partial charge in [-0.25, -0.2) is 0 Å². The van der Waals surface area contributed by atoms with Gasteiger partial charge in [0.25, 0.3) is 5.88 Å². The molecule has 1 aromatic heterocycles. The number of morpholine rings is 1. The number of anilines is 1. The number of nitrogens with one attached hydrogen (secondary N) is 1. The second-order valence-electron chi connectivity index (χ2n) is 5.72. The van der Waals surface area contributed by atoms with Crippen molar-refractivity contribution in [3.63, 3.8) is 0 Å². The Morgan fingerprint density at radius 3 is 2.91 bits per heavy atom. The molecule has 132 valence electrons. The minimum atomic E-state index is -0.541. The van der Waals surface area contributed by atoms with Gasteiger partial charge in [-0.3, -0.25) is 0 Å². The lowest BCUT2D eigenvalue weighted by Gasteiger charge is -2.26. The van der Waals surface area contributed by atoms with Gasteiger partial charge in [0.1, 0.15) is 12.7 Å². The van der Waals surface area contributed by atoms with Crippen LogP contribution in [-0.4, -0.2) is 66.0 Å². The number of aliphatic hydroxyl groups excluding tert-OH is 1. The van der Waals surface area contributed by atoms with Crippen LogP contribution in [0.3, 0.4) is 0 Å². The van der Waals surface area contributed by atoms with Crippen molar-refractivity contribution >= 4 is 17.5 Å². The fraction of sp³-hybridized carbons (Fsp3) is 0.867. The summed E-state index contributed by atoms with van der Waals surface area (Å²) in [5.74, 6) is 1.27. The Labute approximate surface area is 142 Å². The highest BCUT2D eigenvalue weighted by Crippen LogP contribution is 2.26. The van der Waals surface area contributed by atoms with E-state index in [-0.39, 0.29) is 6.61 Å². The first-order valence-corrected chi connectivity index (χ1v) is 9.21. The molecule has 0 aromatic carbocycles. The molecule has 1 atom stereocenters. The first-order valence-electron chi connectivity index (χ1n) is 8.48. The van der Waals surface area contributed by atoms with Crippen LogP contribution in [0, 0.1) is 0 Å². The maximum Gasteiger partial charge on any atom is 0.270 e. The zero-order valence-electron chi connectivity index (χ0n) is 13.9. The molecule has 1 aliphatic heterocycles. The monoisotopic (exact) mass is 344 g/mol. The Morgan fingerprint density at radius 2 is 2.13 bits per heavy atom. The lowest BCUT2D eigenvalue weighted by atomic mass is 10.2. The number of ether oxygens (including phenoxy) is 2. The number of hydrogen-bond donors (Lipinski definition) is 2. The molecule has 1 saturated heterocycles. The summed E-state index contributed by atoms with van der Waals surface area (Å²) in [4.78, 5) is 2.11. The Hall–Kier alpha value is -0.960. The summed E-state index contributed by atoms with van der Waals surface area (Å²) in [6.07, 6.45) is 4.36. The van der Waals surface area contributed by atoms with Crippen LogP contribution in [0.25, 0.3) is 0 Å². The Balaban J connectivity index is 1.64. The number of aromatic nitrogens is 2. The summed E-state index contributed by atoms with van der Waals surface area (Å²) < 4.78 is 19.5. The molecule has 0 bridgehead atoms. The molecule has 1 aromatic rings. The number of rotatable bonds is 11. The Kier molecular flexibility index (Phi) is 8.59. The van der Waals surface area contributed by atoms with E-state index in [0.29, 0.717) is 25.6 Å². The molecule has 0 saturated carbocycles. The van der Waals surface area contributed by atoms with E-state index in [0.717, 1.165) is 43.6 Å². The van der Waals surface area contributed by atoms with E-state index in [1.54, 1.807) is 0 Å². The summed E-state index contributed by atoms with van der Waals surface area (Å²) in [5.41, 5.74) is 0. The van der Waals surface area contributed by atoms with Crippen LogP contribution in [0.15, 0.2) is 0 Å². The van der Waals surface area contributed by atoms with Gasteiger partial charge in [-0.2, -0.15) is 4.37 Å². The maximum atomic E-state index is 9.99. The average molecular weight is 344 g/mol. The molecule has 1 fully saturated rings. The average Bonchev–Trinajstić information content (AvgIpc) is 3.05. The summed E-state index contributed by atoms with van der Waals surface area (Å²) in [7, 11) is 0. The van der Waals surface area contributed by atoms with Gasteiger partial charge in [0.2, 0.25) is 5.82 Å². The number of nitrogens with zero attached hydrogens (tertiary/aromatic N) is 3. The third-order valence-corrected chi connectivity index (χ3v) is 4.25. The minimum Gasteiger partial charge on any atom is -0.472 e. The van der Waals surface area contributed by atoms with Crippen LogP contribution >= 0.6 is 11.7 Å². The zero-order chi connectivity index (χ0) is 16.3. The second kappa shape index (κ2) is 10.7. The summed E-state index contributed by atoms with van der Waals surface area (Å²) in [6.45, 7) is 6.89. The predicted molar refractivity (Wildman–Crippen MR) is 91.5 cm³/mol. The molecule has 7 nitrogen and oxygen atoms in total. The van der Waals surface area contributed by atoms with Crippen molar-refractivity contribution in [3.05, 3.63) is 0 Å². The van der Waals surface area contributed by atoms with Gasteiger partial charge in [0.05, 0.1) is 24.9 Å². The predicted octanol–water partition coefficient (Wildman–Crippen LogP) is 1.28. The fourth-order valence-electron chi connectivity index (χ4n) is 2.41. The second-order valence-corrected chi connectivity index (χ2v) is 6.25. The van der Waals surface area contributed by atoms with Crippen LogP contribution in [0.5, 0.6) is 5.88 Å². The van der Waals surface area contributed by atoms with Gasteiger partial charge in [0, 0.05) is 19.6 Å². The van der Waals surface area contributed by atoms with Gasteiger partial charge in [0.15, 0.2) is 0 Å². The van der Waals surface area contributed by atoms with E-state index in [9.17, 15) is 5.11 Å². The summed E-state index contributed by atoms with van der Waals surface area (Å²) in [5, 5.41) is 13.2. The lowest BCUT2D eigenvalue weighted by Crippen LogP contribution is -2.37. The fourth-order valence-corrected chi connectivity index (χ4v) is 2.93. The summed E-state index contributed by atoms with van der Waals surface area (Å²) >= 11 is 1.14. The topological polar surface area (TPSA) is 79.7 Å². The Bertz CT molecular complexity index is 427. The minimum absolute atomic E-state index is 0.227. The number of unbranched alkanes of at least 4 members (excludes halogenated alkanes) is 3. The van der Waals surface area contributed by atoms with E-state index < -0.39 is 6.10 Å². The van der Waals surface area contributed by atoms with Gasteiger partial charge in [-0.05, 0) is 13.0 Å². The van der Waals surface area contributed by atoms with Gasteiger partial charge < -0.3 is 24.8 Å². The van der Waals surface area contributed by atoms with Crippen LogP contribution in [0.4, 0.5) is 5.82 Å². The van der Waals surface area contributed by atoms with Crippen molar-refractivity contribution in [1.82, 2.24) is 14.1 Å². The highest BCUT2D eigenvalue weighted by atomic mass is 32.1. The molecule has 0 aliphatic carbocycles. The van der Waals surface area contributed by atoms with Gasteiger partial charge in [-0.1, -0.05) is 26.2 Å². The van der Waals surface area contributed by atoms with Crippen molar-refractivity contribution in [3.8, 4) is 5.88 Å². The molecule has 0 amide bonds. The van der Waals surface area contributed by atoms with E-state index in [4.69, 9.17) is 9.47 Å². The first kappa shape index (κ1) is 18.4. The molecular formula is C15H28N4O3S. The number of hydrogen-bond acceptors (Lipinski definition) is 8. The lowest BCUT2D eigenvalue weighted by molar-refractivity contribution is 0.103. The smallest absolute Gasteiger partial charge is 0.270 e. The van der Waals surface area contributed by atoms with Crippen LogP contribution in [0.1, 0.15) is 32.6 Å². The van der Waals surface area contributed by atoms with Crippen LogP contribution in [-0.2, 0) is 4.74 Å². The number of aliphatic hydroxyl groups is 1. The van der Waals surface area contributed by atoms with Crippen molar-refractivity contribution < 1.29 is 14.6 Å². The summed E-state index contributed by atoms with van der Waals surface area (Å²) in [6, 6.07) is 0. The molecule has 1 aliphatic rings. The first-order chi connectivity index (χ1) is 11.3. The SMILES string of the molecule is CCCCCCNCC(O)COc1nsnc1N1CCOCC1. The normalized spacial score (nSPS) is 16.5. The van der Waals surface area contributed by atoms with Gasteiger partial charge in [-0.15, -0.1) is 4.37 Å². The van der Waals surface area contributed by atoms with E-state index in [2.05, 4.69) is 25.9 Å². The van der Waals surface area contributed by atoms with E-state index in [1.807, 2.05) is 0 Å².